The third kappa shape index (κ3) is 9.25. The molecule has 2 nitrogen and oxygen atoms in total. The Hall–Kier alpha value is -1.36. The van der Waals surface area contributed by atoms with Gasteiger partial charge in [0.05, 0.1) is 6.04 Å². The third-order valence-electron chi connectivity index (χ3n) is 2.13. The van der Waals surface area contributed by atoms with E-state index in [1.165, 1.54) is 6.08 Å². The molecule has 2 N–H and O–H groups in total. The maximum absolute atomic E-state index is 12.1. The first-order chi connectivity index (χ1) is 8.68. The number of halogens is 3. The number of nitrogens with two attached hydrogens (primary N) is 1. The first-order valence-electron chi connectivity index (χ1n) is 6.08. The molecule has 0 aromatic carbocycles. The van der Waals surface area contributed by atoms with E-state index in [0.29, 0.717) is 12.0 Å². The molecule has 1 unspecified atom stereocenters. The van der Waals surface area contributed by atoms with Crippen molar-refractivity contribution in [3.8, 4) is 0 Å². The number of allylic oxidation sites excluding steroid dienone is 3. The zero-order valence-corrected chi connectivity index (χ0v) is 11.7. The Morgan fingerprint density at radius 1 is 1.26 bits per heavy atom. The second-order valence-electron chi connectivity index (χ2n) is 3.65. The summed E-state index contributed by atoms with van der Waals surface area (Å²) in [5, 5.41) is 0. The van der Waals surface area contributed by atoms with Gasteiger partial charge in [-0.25, -0.2) is 0 Å². The van der Waals surface area contributed by atoms with E-state index in [9.17, 15) is 18.0 Å². The van der Waals surface area contributed by atoms with Crippen molar-refractivity contribution in [2.75, 3.05) is 0 Å². The van der Waals surface area contributed by atoms with Gasteiger partial charge in [-0.3, -0.25) is 4.79 Å². The minimum atomic E-state index is -4.45. The van der Waals surface area contributed by atoms with Crippen LogP contribution >= 0.6 is 0 Å². The van der Waals surface area contributed by atoms with Crippen LogP contribution in [0.5, 0.6) is 0 Å². The molecule has 0 radical (unpaired) electrons. The van der Waals surface area contributed by atoms with E-state index in [1.54, 1.807) is 6.92 Å². The number of ketones is 1. The molecule has 0 rings (SSSR count). The Labute approximate surface area is 112 Å². The molecule has 0 aromatic rings. The number of rotatable bonds is 6. The molecule has 0 aliphatic rings. The van der Waals surface area contributed by atoms with Gasteiger partial charge >= 0.3 is 6.18 Å². The maximum Gasteiger partial charge on any atom is 0.415 e. The predicted octanol–water partition coefficient (Wildman–Crippen LogP) is 3.94. The van der Waals surface area contributed by atoms with Gasteiger partial charge < -0.3 is 5.73 Å². The van der Waals surface area contributed by atoms with Gasteiger partial charge in [0.2, 0.25) is 0 Å². The maximum atomic E-state index is 12.1. The summed E-state index contributed by atoms with van der Waals surface area (Å²) in [6, 6.07) is -0.712. The van der Waals surface area contributed by atoms with Crippen LogP contribution in [0.15, 0.2) is 36.5 Å². The monoisotopic (exact) mass is 277 g/mol. The molecule has 0 saturated heterocycles. The van der Waals surface area contributed by atoms with Crippen LogP contribution in [0.1, 0.15) is 33.6 Å². The fourth-order valence-corrected chi connectivity index (χ4v) is 1.04. The molecule has 110 valence electrons. The van der Waals surface area contributed by atoms with E-state index in [-0.39, 0.29) is 12.2 Å². The predicted molar refractivity (Wildman–Crippen MR) is 72.7 cm³/mol. The quantitative estimate of drug-likeness (QED) is 0.747. The second-order valence-corrected chi connectivity index (χ2v) is 3.65. The molecule has 0 amide bonds. The number of carbonyl (C=O) groups is 1. The number of Topliss-reactive ketones (excluding diaryl/α,β-unsaturated/α-hetero) is 1. The standard InChI is InChI=1S/C12H16F3NO.C2H6/c1-4-11(17)10(16)7-8(2)5-6-9(3)12(13,14)15;1-2/h5-6,10H,2-4,7,16H2,1H3;1-2H3/b6-5-;. The van der Waals surface area contributed by atoms with Crippen LogP contribution in [-0.4, -0.2) is 18.0 Å². The summed E-state index contributed by atoms with van der Waals surface area (Å²) >= 11 is 0. The highest BCUT2D eigenvalue weighted by Crippen LogP contribution is 2.25. The van der Waals surface area contributed by atoms with Gasteiger partial charge in [-0.05, 0) is 6.42 Å². The molecule has 0 bridgehead atoms. The number of hydrogen-bond acceptors (Lipinski definition) is 2. The van der Waals surface area contributed by atoms with Crippen molar-refractivity contribution < 1.29 is 18.0 Å². The summed E-state index contributed by atoms with van der Waals surface area (Å²) in [5.41, 5.74) is 4.93. The summed E-state index contributed by atoms with van der Waals surface area (Å²) in [7, 11) is 0. The summed E-state index contributed by atoms with van der Waals surface area (Å²) in [6.07, 6.45) is -2.00. The minimum absolute atomic E-state index is 0.144. The Kier molecular flexibility index (Phi) is 10.0. The first-order valence-corrected chi connectivity index (χ1v) is 6.08. The molecule has 0 fully saturated rings. The highest BCUT2D eigenvalue weighted by atomic mass is 19.4. The van der Waals surface area contributed by atoms with Crippen molar-refractivity contribution in [2.45, 2.75) is 45.8 Å². The summed E-state index contributed by atoms with van der Waals surface area (Å²) < 4.78 is 36.3. The van der Waals surface area contributed by atoms with Crippen LogP contribution in [0, 0.1) is 0 Å². The summed E-state index contributed by atoms with van der Waals surface area (Å²) in [5.74, 6) is -0.144. The van der Waals surface area contributed by atoms with Gasteiger partial charge in [0.1, 0.15) is 5.78 Å². The molecule has 1 atom stereocenters. The minimum Gasteiger partial charge on any atom is -0.321 e. The van der Waals surface area contributed by atoms with E-state index in [4.69, 9.17) is 5.73 Å². The SMILES string of the molecule is C=C(/C=C\C(=C)C(F)(F)F)CC(N)C(=O)CC.CC. The van der Waals surface area contributed by atoms with Gasteiger partial charge in [-0.1, -0.05) is 51.7 Å². The number of alkyl halides is 3. The van der Waals surface area contributed by atoms with E-state index >= 15 is 0 Å². The molecule has 0 spiro atoms. The lowest BCUT2D eigenvalue weighted by molar-refractivity contribution is -0.119. The average Bonchev–Trinajstić information content (AvgIpc) is 2.35. The van der Waals surface area contributed by atoms with Gasteiger partial charge in [0.15, 0.2) is 0 Å². The van der Waals surface area contributed by atoms with Crippen molar-refractivity contribution in [3.63, 3.8) is 0 Å². The Bertz CT molecular complexity index is 343. The smallest absolute Gasteiger partial charge is 0.321 e. The third-order valence-corrected chi connectivity index (χ3v) is 2.13. The molecular weight excluding hydrogens is 255 g/mol. The molecule has 5 heteroatoms. The van der Waals surface area contributed by atoms with Crippen molar-refractivity contribution in [1.29, 1.82) is 0 Å². The molecule has 0 aliphatic heterocycles. The van der Waals surface area contributed by atoms with Crippen LogP contribution in [0.4, 0.5) is 13.2 Å². The van der Waals surface area contributed by atoms with Crippen LogP contribution in [-0.2, 0) is 4.79 Å². The first kappa shape index (κ1) is 20.0. The van der Waals surface area contributed by atoms with Gasteiger partial charge in [-0.15, -0.1) is 0 Å². The Balaban J connectivity index is 0. The average molecular weight is 277 g/mol. The van der Waals surface area contributed by atoms with Gasteiger partial charge in [-0.2, -0.15) is 13.2 Å². The van der Waals surface area contributed by atoms with Crippen LogP contribution < -0.4 is 5.73 Å². The molecule has 0 heterocycles. The molecule has 0 saturated carbocycles. The fraction of sp³-hybridized carbons (Fsp3) is 0.500. The fourth-order valence-electron chi connectivity index (χ4n) is 1.04. The molecule has 19 heavy (non-hydrogen) atoms. The molecule has 0 aromatic heterocycles. The van der Waals surface area contributed by atoms with Gasteiger partial charge in [0.25, 0.3) is 0 Å². The van der Waals surface area contributed by atoms with Crippen LogP contribution in [0.25, 0.3) is 0 Å². The van der Waals surface area contributed by atoms with E-state index < -0.39 is 17.8 Å². The molecular formula is C14H22F3NO. The van der Waals surface area contributed by atoms with E-state index in [1.807, 2.05) is 13.8 Å². The Morgan fingerprint density at radius 2 is 1.74 bits per heavy atom. The normalized spacial score (nSPS) is 12.6. The van der Waals surface area contributed by atoms with Crippen molar-refractivity contribution in [2.24, 2.45) is 5.73 Å². The molecule has 0 aliphatic carbocycles. The number of carbonyl (C=O) groups excluding carboxylic acids is 1. The zero-order chi connectivity index (χ0) is 15.6. The largest absolute Gasteiger partial charge is 0.415 e. The van der Waals surface area contributed by atoms with Crippen LogP contribution in [0.3, 0.4) is 0 Å². The number of hydrogen-bond donors (Lipinski definition) is 1. The van der Waals surface area contributed by atoms with Crippen LogP contribution in [0.2, 0.25) is 0 Å². The zero-order valence-electron chi connectivity index (χ0n) is 11.7. The lowest BCUT2D eigenvalue weighted by Gasteiger charge is -2.09. The summed E-state index contributed by atoms with van der Waals surface area (Å²) in [4.78, 5) is 11.2. The van der Waals surface area contributed by atoms with E-state index in [0.717, 1.165) is 6.08 Å². The lowest BCUT2D eigenvalue weighted by atomic mass is 10.0. The van der Waals surface area contributed by atoms with Crippen molar-refractivity contribution in [1.82, 2.24) is 0 Å². The van der Waals surface area contributed by atoms with Gasteiger partial charge in [0, 0.05) is 12.0 Å². The second kappa shape index (κ2) is 9.55. The lowest BCUT2D eigenvalue weighted by Crippen LogP contribution is -2.29. The van der Waals surface area contributed by atoms with Crippen molar-refractivity contribution in [3.05, 3.63) is 36.5 Å². The Morgan fingerprint density at radius 3 is 2.11 bits per heavy atom. The van der Waals surface area contributed by atoms with Crippen molar-refractivity contribution >= 4 is 5.78 Å². The topological polar surface area (TPSA) is 43.1 Å². The highest BCUT2D eigenvalue weighted by molar-refractivity contribution is 5.83. The van der Waals surface area contributed by atoms with E-state index in [2.05, 4.69) is 13.2 Å². The highest BCUT2D eigenvalue weighted by Gasteiger charge is 2.29. The summed E-state index contributed by atoms with van der Waals surface area (Å²) in [6.45, 7) is 12.1.